The average Bonchev–Trinajstić information content (AvgIpc) is 2.63. The quantitative estimate of drug-likeness (QED) is 0.747. The van der Waals surface area contributed by atoms with Crippen LogP contribution in [-0.2, 0) is 4.74 Å². The van der Waals surface area contributed by atoms with Gasteiger partial charge < -0.3 is 14.8 Å². The van der Waals surface area contributed by atoms with Crippen LogP contribution in [0.4, 0.5) is 4.79 Å². The second kappa shape index (κ2) is 5.69. The van der Waals surface area contributed by atoms with Crippen molar-refractivity contribution in [2.45, 2.75) is 64.6 Å². The Kier molecular flexibility index (Phi) is 4.77. The fourth-order valence-electron chi connectivity index (χ4n) is 2.10. The number of hydroxylamine groups is 1. The summed E-state index contributed by atoms with van der Waals surface area (Å²) in [5.74, 6) is 0. The van der Waals surface area contributed by atoms with Crippen LogP contribution in [0.1, 0.15) is 47.0 Å². The summed E-state index contributed by atoms with van der Waals surface area (Å²) >= 11 is 0. The predicted molar refractivity (Wildman–Crippen MR) is 65.0 cm³/mol. The van der Waals surface area contributed by atoms with Gasteiger partial charge in [0.25, 0.3) is 0 Å². The van der Waals surface area contributed by atoms with Crippen LogP contribution in [0.25, 0.3) is 0 Å². The Hall–Kier alpha value is -0.810. The molecule has 1 heterocycles. The van der Waals surface area contributed by atoms with Crippen molar-refractivity contribution in [3.05, 3.63) is 0 Å². The van der Waals surface area contributed by atoms with Gasteiger partial charge in [-0.25, -0.2) is 10.3 Å². The summed E-state index contributed by atoms with van der Waals surface area (Å²) < 4.78 is 5.37. The third-order valence-corrected chi connectivity index (χ3v) is 2.85. The third-order valence-electron chi connectivity index (χ3n) is 2.85. The zero-order valence-electron chi connectivity index (χ0n) is 11.2. The number of carbonyl (C=O) groups is 1. The van der Waals surface area contributed by atoms with Crippen molar-refractivity contribution < 1.29 is 14.7 Å². The van der Waals surface area contributed by atoms with Crippen LogP contribution < -0.4 is 5.48 Å². The summed E-state index contributed by atoms with van der Waals surface area (Å²) in [6.07, 6.45) is 2.48. The number of amides is 1. The van der Waals surface area contributed by atoms with Crippen LogP contribution in [0.2, 0.25) is 0 Å². The maximum absolute atomic E-state index is 12.0. The number of rotatable bonds is 3. The lowest BCUT2D eigenvalue weighted by molar-refractivity contribution is 0.0195. The Bertz CT molecular complexity index is 263. The molecule has 17 heavy (non-hydrogen) atoms. The first-order chi connectivity index (χ1) is 7.83. The second-order valence-electron chi connectivity index (χ2n) is 5.74. The molecule has 100 valence electrons. The van der Waals surface area contributed by atoms with Gasteiger partial charge in [-0.2, -0.15) is 0 Å². The standard InChI is InChI=1S/C12H24N2O3/c1-9(13-16)8-10-6-5-7-14(10)11(15)17-12(2,3)4/h9-10,13,16H,5-8H2,1-4H3. The summed E-state index contributed by atoms with van der Waals surface area (Å²) in [6.45, 7) is 8.25. The molecule has 0 aliphatic carbocycles. The zero-order chi connectivity index (χ0) is 13.1. The molecule has 1 saturated heterocycles. The lowest BCUT2D eigenvalue weighted by Gasteiger charge is -2.29. The number of nitrogens with one attached hydrogen (secondary N) is 1. The Labute approximate surface area is 103 Å². The maximum Gasteiger partial charge on any atom is 0.410 e. The van der Waals surface area contributed by atoms with E-state index < -0.39 is 5.60 Å². The van der Waals surface area contributed by atoms with Gasteiger partial charge in [-0.05, 0) is 47.0 Å². The number of likely N-dealkylation sites (tertiary alicyclic amines) is 1. The second-order valence-corrected chi connectivity index (χ2v) is 5.74. The van der Waals surface area contributed by atoms with E-state index in [-0.39, 0.29) is 18.2 Å². The van der Waals surface area contributed by atoms with Gasteiger partial charge in [-0.15, -0.1) is 0 Å². The van der Waals surface area contributed by atoms with E-state index in [9.17, 15) is 4.79 Å². The summed E-state index contributed by atoms with van der Waals surface area (Å²) in [6, 6.07) is 0.155. The Morgan fingerprint density at radius 2 is 2.24 bits per heavy atom. The largest absolute Gasteiger partial charge is 0.444 e. The first kappa shape index (κ1) is 14.3. The van der Waals surface area contributed by atoms with E-state index in [1.54, 1.807) is 4.90 Å². The minimum absolute atomic E-state index is 0.0111. The molecule has 0 aromatic heterocycles. The molecule has 0 aromatic carbocycles. The molecule has 0 radical (unpaired) electrons. The van der Waals surface area contributed by atoms with E-state index in [2.05, 4.69) is 5.48 Å². The summed E-state index contributed by atoms with van der Waals surface area (Å²) in [7, 11) is 0. The van der Waals surface area contributed by atoms with Gasteiger partial charge in [-0.1, -0.05) is 0 Å². The van der Waals surface area contributed by atoms with Crippen molar-refractivity contribution in [1.29, 1.82) is 0 Å². The fraction of sp³-hybridized carbons (Fsp3) is 0.917. The topological polar surface area (TPSA) is 61.8 Å². The van der Waals surface area contributed by atoms with Gasteiger partial charge >= 0.3 is 6.09 Å². The Balaban J connectivity index is 2.54. The van der Waals surface area contributed by atoms with Gasteiger partial charge in [0.1, 0.15) is 5.60 Å². The average molecular weight is 244 g/mol. The molecule has 1 aliphatic rings. The van der Waals surface area contributed by atoms with Crippen LogP contribution in [0.15, 0.2) is 0 Å². The molecule has 2 unspecified atom stereocenters. The molecule has 5 nitrogen and oxygen atoms in total. The van der Waals surface area contributed by atoms with Gasteiger partial charge in [-0.3, -0.25) is 0 Å². The molecule has 1 aliphatic heterocycles. The van der Waals surface area contributed by atoms with E-state index in [0.29, 0.717) is 0 Å². The maximum atomic E-state index is 12.0. The minimum Gasteiger partial charge on any atom is -0.444 e. The van der Waals surface area contributed by atoms with E-state index in [4.69, 9.17) is 9.94 Å². The van der Waals surface area contributed by atoms with Crippen molar-refractivity contribution in [1.82, 2.24) is 10.4 Å². The molecular formula is C12H24N2O3. The van der Waals surface area contributed by atoms with E-state index >= 15 is 0 Å². The Morgan fingerprint density at radius 3 is 2.76 bits per heavy atom. The number of nitrogens with zero attached hydrogens (tertiary/aromatic N) is 1. The van der Waals surface area contributed by atoms with E-state index in [1.165, 1.54) is 0 Å². The molecule has 0 aromatic rings. The molecule has 0 bridgehead atoms. The lowest BCUT2D eigenvalue weighted by atomic mass is 10.1. The number of carbonyl (C=O) groups excluding carboxylic acids is 1. The van der Waals surface area contributed by atoms with Gasteiger partial charge in [0, 0.05) is 18.6 Å². The smallest absolute Gasteiger partial charge is 0.410 e. The fourth-order valence-corrected chi connectivity index (χ4v) is 2.10. The highest BCUT2D eigenvalue weighted by atomic mass is 16.6. The zero-order valence-corrected chi connectivity index (χ0v) is 11.2. The highest BCUT2D eigenvalue weighted by Gasteiger charge is 2.32. The lowest BCUT2D eigenvalue weighted by Crippen LogP contribution is -2.42. The molecule has 1 fully saturated rings. The van der Waals surface area contributed by atoms with Crippen molar-refractivity contribution in [2.24, 2.45) is 0 Å². The summed E-state index contributed by atoms with van der Waals surface area (Å²) in [5.41, 5.74) is 1.77. The predicted octanol–water partition coefficient (Wildman–Crippen LogP) is 2.14. The molecule has 5 heteroatoms. The highest BCUT2D eigenvalue weighted by Crippen LogP contribution is 2.23. The van der Waals surface area contributed by atoms with Crippen LogP contribution in [0, 0.1) is 0 Å². The summed E-state index contributed by atoms with van der Waals surface area (Å²) in [5, 5.41) is 8.82. The van der Waals surface area contributed by atoms with Crippen LogP contribution in [-0.4, -0.2) is 40.4 Å². The van der Waals surface area contributed by atoms with Crippen molar-refractivity contribution >= 4 is 6.09 Å². The molecule has 2 N–H and O–H groups in total. The van der Waals surface area contributed by atoms with Crippen molar-refractivity contribution in [3.8, 4) is 0 Å². The number of hydrogen-bond donors (Lipinski definition) is 2. The first-order valence-corrected chi connectivity index (χ1v) is 6.22. The first-order valence-electron chi connectivity index (χ1n) is 6.22. The molecule has 1 rings (SSSR count). The van der Waals surface area contributed by atoms with Crippen molar-refractivity contribution in [3.63, 3.8) is 0 Å². The third kappa shape index (κ3) is 4.52. The number of hydrogen-bond acceptors (Lipinski definition) is 4. The molecule has 1 amide bonds. The number of ether oxygens (including phenoxy) is 1. The highest BCUT2D eigenvalue weighted by molar-refractivity contribution is 5.68. The summed E-state index contributed by atoms with van der Waals surface area (Å²) in [4.78, 5) is 13.7. The normalized spacial score (nSPS) is 22.6. The van der Waals surface area contributed by atoms with Gasteiger partial charge in [0.2, 0.25) is 0 Å². The SMILES string of the molecule is CC(CC1CCCN1C(=O)OC(C)(C)C)NO. The van der Waals surface area contributed by atoms with E-state index in [1.807, 2.05) is 27.7 Å². The molecule has 2 atom stereocenters. The Morgan fingerprint density at radius 1 is 1.59 bits per heavy atom. The van der Waals surface area contributed by atoms with Crippen molar-refractivity contribution in [2.75, 3.05) is 6.54 Å². The molecule has 0 spiro atoms. The van der Waals surface area contributed by atoms with E-state index in [0.717, 1.165) is 25.8 Å². The minimum atomic E-state index is -0.453. The molecular weight excluding hydrogens is 220 g/mol. The molecule has 0 saturated carbocycles. The van der Waals surface area contributed by atoms with Crippen LogP contribution >= 0.6 is 0 Å². The van der Waals surface area contributed by atoms with Gasteiger partial charge in [0.05, 0.1) is 0 Å². The van der Waals surface area contributed by atoms with Crippen LogP contribution in [0.5, 0.6) is 0 Å². The van der Waals surface area contributed by atoms with Crippen LogP contribution in [0.3, 0.4) is 0 Å². The van der Waals surface area contributed by atoms with Gasteiger partial charge in [0.15, 0.2) is 0 Å². The monoisotopic (exact) mass is 244 g/mol.